The predicted octanol–water partition coefficient (Wildman–Crippen LogP) is 2.39. The van der Waals surface area contributed by atoms with Gasteiger partial charge in [-0.2, -0.15) is 0 Å². The summed E-state index contributed by atoms with van der Waals surface area (Å²) in [7, 11) is 1.53. The molecule has 18 heavy (non-hydrogen) atoms. The second-order valence-corrected chi connectivity index (χ2v) is 4.10. The summed E-state index contributed by atoms with van der Waals surface area (Å²) in [6.07, 6.45) is 0. The molecular formula is C13H13NO4. The number of ether oxygens (including phenoxy) is 1. The number of aromatic amines is 1. The van der Waals surface area contributed by atoms with Crippen LogP contribution >= 0.6 is 0 Å². The highest BCUT2D eigenvalue weighted by atomic mass is 16.5. The molecule has 2 rings (SSSR count). The Kier molecular flexibility index (Phi) is 2.82. The fourth-order valence-electron chi connectivity index (χ4n) is 2.08. The highest BCUT2D eigenvalue weighted by Crippen LogP contribution is 2.30. The van der Waals surface area contributed by atoms with Gasteiger partial charge in [-0.05, 0) is 31.5 Å². The van der Waals surface area contributed by atoms with Crippen LogP contribution < -0.4 is 4.74 Å². The summed E-state index contributed by atoms with van der Waals surface area (Å²) in [6, 6.07) is 3.45. The van der Waals surface area contributed by atoms with E-state index in [2.05, 4.69) is 4.98 Å². The van der Waals surface area contributed by atoms with Gasteiger partial charge in [-0.25, -0.2) is 4.79 Å². The molecule has 0 saturated carbocycles. The first kappa shape index (κ1) is 12.2. The number of hydrogen-bond donors (Lipinski definition) is 2. The maximum Gasteiger partial charge on any atom is 0.353 e. The van der Waals surface area contributed by atoms with Crippen molar-refractivity contribution >= 4 is 22.7 Å². The number of ketones is 1. The first-order chi connectivity index (χ1) is 8.45. The number of methoxy groups -OCH3 is 1. The minimum absolute atomic E-state index is 0.0751. The third kappa shape index (κ3) is 1.73. The number of aryl methyl sites for hydroxylation is 1. The molecule has 0 radical (unpaired) electrons. The maximum absolute atomic E-state index is 11.6. The van der Waals surface area contributed by atoms with Crippen LogP contribution in [0.5, 0.6) is 5.75 Å². The largest absolute Gasteiger partial charge is 0.497 e. The minimum Gasteiger partial charge on any atom is -0.497 e. The van der Waals surface area contributed by atoms with E-state index in [9.17, 15) is 9.59 Å². The molecule has 5 heteroatoms. The van der Waals surface area contributed by atoms with E-state index in [1.54, 1.807) is 12.1 Å². The van der Waals surface area contributed by atoms with Crippen molar-refractivity contribution in [3.63, 3.8) is 0 Å². The van der Waals surface area contributed by atoms with Crippen molar-refractivity contribution in [2.45, 2.75) is 13.8 Å². The van der Waals surface area contributed by atoms with E-state index < -0.39 is 5.97 Å². The lowest BCUT2D eigenvalue weighted by Crippen LogP contribution is -2.04. The van der Waals surface area contributed by atoms with Crippen molar-refractivity contribution in [3.8, 4) is 5.75 Å². The number of Topliss-reactive ketones (excluding diaryl/α,β-unsaturated/α-hetero) is 1. The molecule has 0 fully saturated rings. The lowest BCUT2D eigenvalue weighted by molar-refractivity contribution is 0.0687. The molecule has 2 N–H and O–H groups in total. The van der Waals surface area contributed by atoms with Crippen LogP contribution in [0.3, 0.4) is 0 Å². The van der Waals surface area contributed by atoms with Gasteiger partial charge in [-0.3, -0.25) is 4.79 Å². The number of hydrogen-bond acceptors (Lipinski definition) is 3. The maximum atomic E-state index is 11.6. The summed E-state index contributed by atoms with van der Waals surface area (Å²) in [5, 5.41) is 9.70. The van der Waals surface area contributed by atoms with E-state index in [-0.39, 0.29) is 17.0 Å². The zero-order valence-electron chi connectivity index (χ0n) is 10.3. The Balaban J connectivity index is 2.90. The standard InChI is InChI=1S/C13H13NO4/c1-6-4-8(18-3)5-9-10(7(2)15)12(13(16)17)14-11(6)9/h4-5,14H,1-3H3,(H,16,17). The first-order valence-electron chi connectivity index (χ1n) is 5.40. The van der Waals surface area contributed by atoms with Crippen LogP contribution in [0.15, 0.2) is 12.1 Å². The molecule has 0 bridgehead atoms. The second-order valence-electron chi connectivity index (χ2n) is 4.10. The summed E-state index contributed by atoms with van der Waals surface area (Å²) >= 11 is 0. The summed E-state index contributed by atoms with van der Waals surface area (Å²) in [5.41, 5.74) is 1.60. The van der Waals surface area contributed by atoms with Crippen molar-refractivity contribution in [3.05, 3.63) is 29.0 Å². The van der Waals surface area contributed by atoms with E-state index in [1.165, 1.54) is 14.0 Å². The molecule has 0 unspecified atom stereocenters. The number of fused-ring (bicyclic) bond motifs is 1. The van der Waals surface area contributed by atoms with Crippen molar-refractivity contribution in [2.24, 2.45) is 0 Å². The molecule has 1 aromatic carbocycles. The van der Waals surface area contributed by atoms with Crippen molar-refractivity contribution in [1.29, 1.82) is 0 Å². The molecule has 0 atom stereocenters. The SMILES string of the molecule is COc1cc(C)c2[nH]c(C(=O)O)c(C(C)=O)c2c1. The smallest absolute Gasteiger partial charge is 0.353 e. The molecule has 0 amide bonds. The zero-order valence-corrected chi connectivity index (χ0v) is 10.3. The van der Waals surface area contributed by atoms with Gasteiger partial charge in [0.05, 0.1) is 18.2 Å². The Hall–Kier alpha value is -2.30. The molecule has 1 heterocycles. The Morgan fingerprint density at radius 3 is 2.50 bits per heavy atom. The van der Waals surface area contributed by atoms with Crippen molar-refractivity contribution in [2.75, 3.05) is 7.11 Å². The lowest BCUT2D eigenvalue weighted by Gasteiger charge is -2.03. The summed E-state index contributed by atoms with van der Waals surface area (Å²) in [6.45, 7) is 3.18. The van der Waals surface area contributed by atoms with Crippen LogP contribution in [0.1, 0.15) is 33.3 Å². The molecule has 0 aliphatic carbocycles. The van der Waals surface area contributed by atoms with E-state index in [4.69, 9.17) is 9.84 Å². The Labute approximate surface area is 103 Å². The number of carbonyl (C=O) groups excluding carboxylic acids is 1. The normalized spacial score (nSPS) is 10.6. The number of aromatic carboxylic acids is 1. The number of rotatable bonds is 3. The minimum atomic E-state index is -1.14. The monoisotopic (exact) mass is 247 g/mol. The van der Waals surface area contributed by atoms with E-state index in [1.807, 2.05) is 6.92 Å². The van der Waals surface area contributed by atoms with Crippen molar-refractivity contribution < 1.29 is 19.4 Å². The highest BCUT2D eigenvalue weighted by Gasteiger charge is 2.21. The molecule has 0 aliphatic rings. The molecule has 0 saturated heterocycles. The van der Waals surface area contributed by atoms with Gasteiger partial charge in [0.1, 0.15) is 11.4 Å². The third-order valence-corrected chi connectivity index (χ3v) is 2.88. The van der Waals surface area contributed by atoms with E-state index >= 15 is 0 Å². The van der Waals surface area contributed by atoms with Crippen LogP contribution in [-0.2, 0) is 0 Å². The van der Waals surface area contributed by atoms with Crippen LogP contribution in [-0.4, -0.2) is 29.0 Å². The van der Waals surface area contributed by atoms with Crippen molar-refractivity contribution in [1.82, 2.24) is 4.98 Å². The number of carbonyl (C=O) groups is 2. The molecule has 0 aliphatic heterocycles. The highest BCUT2D eigenvalue weighted by molar-refractivity contribution is 6.14. The zero-order chi connectivity index (χ0) is 13.4. The van der Waals surface area contributed by atoms with Gasteiger partial charge in [-0.1, -0.05) is 0 Å². The summed E-state index contributed by atoms with van der Waals surface area (Å²) in [5.74, 6) is -0.834. The molecule has 5 nitrogen and oxygen atoms in total. The van der Waals surface area contributed by atoms with Crippen LogP contribution in [0.2, 0.25) is 0 Å². The summed E-state index contributed by atoms with van der Waals surface area (Å²) in [4.78, 5) is 25.6. The number of aromatic nitrogens is 1. The van der Waals surface area contributed by atoms with Crippen LogP contribution in [0.4, 0.5) is 0 Å². The van der Waals surface area contributed by atoms with Gasteiger partial charge in [0.2, 0.25) is 0 Å². The van der Waals surface area contributed by atoms with Crippen LogP contribution in [0.25, 0.3) is 10.9 Å². The molecule has 0 spiro atoms. The van der Waals surface area contributed by atoms with Gasteiger partial charge in [0.25, 0.3) is 0 Å². The topological polar surface area (TPSA) is 79.4 Å². The Bertz CT molecular complexity index is 655. The quantitative estimate of drug-likeness (QED) is 0.816. The fraction of sp³-hybridized carbons (Fsp3) is 0.231. The average molecular weight is 247 g/mol. The number of carboxylic acid groups (broad SMARTS) is 1. The number of nitrogens with one attached hydrogen (secondary N) is 1. The van der Waals surface area contributed by atoms with Gasteiger partial charge in [-0.15, -0.1) is 0 Å². The first-order valence-corrected chi connectivity index (χ1v) is 5.40. The van der Waals surface area contributed by atoms with Gasteiger partial charge >= 0.3 is 5.97 Å². The lowest BCUT2D eigenvalue weighted by atomic mass is 10.0. The number of H-pyrrole nitrogens is 1. The van der Waals surface area contributed by atoms with E-state index in [0.29, 0.717) is 16.7 Å². The number of carboxylic acids is 1. The van der Waals surface area contributed by atoms with E-state index in [0.717, 1.165) is 5.56 Å². The van der Waals surface area contributed by atoms with Gasteiger partial charge in [0.15, 0.2) is 5.78 Å². The van der Waals surface area contributed by atoms with Gasteiger partial charge < -0.3 is 14.8 Å². The van der Waals surface area contributed by atoms with Gasteiger partial charge in [0, 0.05) is 5.39 Å². The molecule has 2 aromatic rings. The Morgan fingerprint density at radius 1 is 1.33 bits per heavy atom. The molecule has 1 aromatic heterocycles. The fourth-order valence-corrected chi connectivity index (χ4v) is 2.08. The second kappa shape index (κ2) is 4.18. The third-order valence-electron chi connectivity index (χ3n) is 2.88. The molecular weight excluding hydrogens is 234 g/mol. The summed E-state index contributed by atoms with van der Waals surface area (Å²) < 4.78 is 5.13. The average Bonchev–Trinajstić information content (AvgIpc) is 2.68. The Morgan fingerprint density at radius 2 is 2.00 bits per heavy atom. The predicted molar refractivity (Wildman–Crippen MR) is 66.6 cm³/mol. The van der Waals surface area contributed by atoms with Crippen LogP contribution in [0, 0.1) is 6.92 Å². The number of benzene rings is 1. The molecule has 94 valence electrons.